The predicted octanol–water partition coefficient (Wildman–Crippen LogP) is 2.73. The summed E-state index contributed by atoms with van der Waals surface area (Å²) in [7, 11) is 0. The monoisotopic (exact) mass is 197 g/mol. The highest BCUT2D eigenvalue weighted by Gasteiger charge is 2.05. The Kier molecular flexibility index (Phi) is 1.81. The maximum atomic E-state index is 13.1. The summed E-state index contributed by atoms with van der Waals surface area (Å²) in [4.78, 5) is 3.57. The van der Waals surface area contributed by atoms with Crippen LogP contribution in [0.2, 0.25) is 5.02 Å². The van der Waals surface area contributed by atoms with E-state index in [9.17, 15) is 4.39 Å². The molecule has 0 bridgehead atoms. The molecule has 0 saturated carbocycles. The van der Waals surface area contributed by atoms with E-state index >= 15 is 0 Å². The van der Waals surface area contributed by atoms with Gasteiger partial charge in [-0.3, -0.25) is 0 Å². The molecule has 13 heavy (non-hydrogen) atoms. The molecule has 0 atom stereocenters. The molecule has 0 aliphatic carbocycles. The van der Waals surface area contributed by atoms with Gasteiger partial charge in [-0.2, -0.15) is 0 Å². The molecule has 1 aromatic heterocycles. The lowest BCUT2D eigenvalue weighted by atomic mass is 10.2. The second kappa shape index (κ2) is 2.85. The second-order valence-electron chi connectivity index (χ2n) is 2.62. The van der Waals surface area contributed by atoms with Crippen molar-refractivity contribution in [1.82, 2.24) is 4.98 Å². The van der Waals surface area contributed by atoms with Crippen LogP contribution in [0.3, 0.4) is 0 Å². The summed E-state index contributed by atoms with van der Waals surface area (Å²) in [5.74, 6) is -0.563. The molecule has 0 fully saturated rings. The molecule has 1 heterocycles. The predicted molar refractivity (Wildman–Crippen MR) is 48.4 cm³/mol. The summed E-state index contributed by atoms with van der Waals surface area (Å²) >= 11 is 5.80. The van der Waals surface area contributed by atoms with Crippen molar-refractivity contribution in [2.75, 3.05) is 0 Å². The van der Waals surface area contributed by atoms with Crippen molar-refractivity contribution in [2.45, 2.75) is 0 Å². The van der Waals surface area contributed by atoms with Crippen molar-refractivity contribution in [3.8, 4) is 5.88 Å². The number of hydrogen-bond donors (Lipinski definition) is 1. The summed E-state index contributed by atoms with van der Waals surface area (Å²) in [5.41, 5.74) is 0. The third-order valence-corrected chi connectivity index (χ3v) is 2.11. The molecule has 2 nitrogen and oxygen atoms in total. The van der Waals surface area contributed by atoms with Crippen molar-refractivity contribution in [2.24, 2.45) is 0 Å². The first-order chi connectivity index (χ1) is 6.18. The van der Waals surface area contributed by atoms with Gasteiger partial charge in [0.05, 0.1) is 0 Å². The number of pyridine rings is 1. The molecule has 66 valence electrons. The van der Waals surface area contributed by atoms with Crippen LogP contribution in [0.15, 0.2) is 24.4 Å². The first-order valence-corrected chi connectivity index (χ1v) is 3.99. The van der Waals surface area contributed by atoms with E-state index in [0.717, 1.165) is 0 Å². The van der Waals surface area contributed by atoms with Crippen LogP contribution in [0.1, 0.15) is 0 Å². The van der Waals surface area contributed by atoms with Crippen LogP contribution in [-0.4, -0.2) is 10.1 Å². The van der Waals surface area contributed by atoms with Gasteiger partial charge in [-0.15, -0.1) is 0 Å². The Labute approximate surface area is 78.6 Å². The van der Waals surface area contributed by atoms with Crippen LogP contribution in [0.25, 0.3) is 10.8 Å². The van der Waals surface area contributed by atoms with Gasteiger partial charge in [0, 0.05) is 28.1 Å². The summed E-state index contributed by atoms with van der Waals surface area (Å²) < 4.78 is 13.1. The van der Waals surface area contributed by atoms with Gasteiger partial charge < -0.3 is 5.11 Å². The van der Waals surface area contributed by atoms with Crippen molar-refractivity contribution in [3.05, 3.63) is 35.2 Å². The largest absolute Gasteiger partial charge is 0.493 e. The number of halogens is 2. The second-order valence-corrected chi connectivity index (χ2v) is 3.02. The van der Waals surface area contributed by atoms with E-state index in [0.29, 0.717) is 15.8 Å². The Balaban J connectivity index is 2.92. The topological polar surface area (TPSA) is 33.1 Å². The molecule has 0 aliphatic heterocycles. The fraction of sp³-hybridized carbons (Fsp3) is 0. The Morgan fingerprint density at radius 3 is 2.85 bits per heavy atom. The molecule has 2 rings (SSSR count). The highest BCUT2D eigenvalue weighted by Crippen LogP contribution is 2.27. The Hall–Kier alpha value is -1.35. The van der Waals surface area contributed by atoms with Crippen LogP contribution < -0.4 is 0 Å². The minimum Gasteiger partial charge on any atom is -0.493 e. The maximum absolute atomic E-state index is 13.1. The van der Waals surface area contributed by atoms with Crippen molar-refractivity contribution >= 4 is 22.4 Å². The van der Waals surface area contributed by atoms with Crippen LogP contribution in [0.4, 0.5) is 4.39 Å². The lowest BCUT2D eigenvalue weighted by Gasteiger charge is -2.01. The lowest BCUT2D eigenvalue weighted by molar-refractivity contribution is 0.454. The summed E-state index contributed by atoms with van der Waals surface area (Å²) in [6, 6.07) is 4.04. The van der Waals surface area contributed by atoms with Crippen LogP contribution in [0, 0.1) is 5.82 Å². The average Bonchev–Trinajstić information content (AvgIpc) is 2.12. The molecule has 0 amide bonds. The number of nitrogens with zero attached hydrogens (tertiary/aromatic N) is 1. The van der Waals surface area contributed by atoms with Crippen molar-refractivity contribution < 1.29 is 9.50 Å². The van der Waals surface area contributed by atoms with Gasteiger partial charge in [0.2, 0.25) is 5.88 Å². The van der Waals surface area contributed by atoms with Gasteiger partial charge in [0.15, 0.2) is 0 Å². The minimum atomic E-state index is -0.396. The number of benzene rings is 1. The van der Waals surface area contributed by atoms with Gasteiger partial charge in [-0.05, 0) is 12.1 Å². The molecule has 0 spiro atoms. The van der Waals surface area contributed by atoms with Crippen molar-refractivity contribution in [3.63, 3.8) is 0 Å². The molecule has 0 unspecified atom stereocenters. The standard InChI is InChI=1S/C9H5ClFNO/c10-7-1-2-8(11)6-4-12-9(13)3-5(6)7/h1-4H,(H,12,13). The highest BCUT2D eigenvalue weighted by atomic mass is 35.5. The maximum Gasteiger partial charge on any atom is 0.211 e. The van der Waals surface area contributed by atoms with Crippen LogP contribution >= 0.6 is 11.6 Å². The average molecular weight is 198 g/mol. The van der Waals surface area contributed by atoms with Gasteiger partial charge in [0.25, 0.3) is 0 Å². The number of fused-ring (bicyclic) bond motifs is 1. The molecule has 1 aromatic carbocycles. The Morgan fingerprint density at radius 1 is 1.31 bits per heavy atom. The zero-order valence-corrected chi connectivity index (χ0v) is 7.22. The van der Waals surface area contributed by atoms with Crippen LogP contribution in [-0.2, 0) is 0 Å². The highest BCUT2D eigenvalue weighted by molar-refractivity contribution is 6.35. The van der Waals surface area contributed by atoms with E-state index in [1.54, 1.807) is 0 Å². The summed E-state index contributed by atoms with van der Waals surface area (Å²) in [6.45, 7) is 0. The number of aromatic hydroxyl groups is 1. The first-order valence-electron chi connectivity index (χ1n) is 3.61. The van der Waals surface area contributed by atoms with E-state index in [-0.39, 0.29) is 5.88 Å². The van der Waals surface area contributed by atoms with Gasteiger partial charge in [-0.25, -0.2) is 9.37 Å². The third kappa shape index (κ3) is 1.31. The number of rotatable bonds is 0. The van der Waals surface area contributed by atoms with Crippen molar-refractivity contribution in [1.29, 1.82) is 0 Å². The van der Waals surface area contributed by atoms with Crippen LogP contribution in [0.5, 0.6) is 5.88 Å². The van der Waals surface area contributed by atoms with Gasteiger partial charge in [0.1, 0.15) is 5.82 Å². The minimum absolute atomic E-state index is 0.167. The third-order valence-electron chi connectivity index (χ3n) is 1.78. The normalized spacial score (nSPS) is 10.6. The fourth-order valence-corrected chi connectivity index (χ4v) is 1.38. The molecule has 0 aliphatic rings. The summed E-state index contributed by atoms with van der Waals surface area (Å²) in [5, 5.41) is 10.2. The molecule has 2 aromatic rings. The van der Waals surface area contributed by atoms with E-state index in [2.05, 4.69) is 4.98 Å². The summed E-state index contributed by atoms with van der Waals surface area (Å²) in [6.07, 6.45) is 1.26. The van der Waals surface area contributed by atoms with Gasteiger partial charge in [-0.1, -0.05) is 11.6 Å². The smallest absolute Gasteiger partial charge is 0.211 e. The molecule has 4 heteroatoms. The van der Waals surface area contributed by atoms with E-state index in [1.807, 2.05) is 0 Å². The first kappa shape index (κ1) is 8.26. The molecule has 0 radical (unpaired) electrons. The zero-order chi connectivity index (χ0) is 9.42. The fourth-order valence-electron chi connectivity index (χ4n) is 1.16. The van der Waals surface area contributed by atoms with E-state index in [4.69, 9.17) is 16.7 Å². The molecular weight excluding hydrogens is 193 g/mol. The lowest BCUT2D eigenvalue weighted by Crippen LogP contribution is -1.82. The number of aromatic nitrogens is 1. The van der Waals surface area contributed by atoms with Gasteiger partial charge >= 0.3 is 0 Å². The quantitative estimate of drug-likeness (QED) is 0.705. The Morgan fingerprint density at radius 2 is 2.08 bits per heavy atom. The molecule has 0 saturated heterocycles. The van der Waals surface area contributed by atoms with E-state index < -0.39 is 5.82 Å². The zero-order valence-electron chi connectivity index (χ0n) is 6.46. The number of hydrogen-bond acceptors (Lipinski definition) is 2. The molecular formula is C9H5ClFNO. The Bertz CT molecular complexity index is 472. The van der Waals surface area contributed by atoms with E-state index in [1.165, 1.54) is 24.4 Å². The SMILES string of the molecule is Oc1cc2c(Cl)ccc(F)c2cn1. The molecule has 1 N–H and O–H groups in total.